The second-order valence-corrected chi connectivity index (χ2v) is 10.6. The van der Waals surface area contributed by atoms with Gasteiger partial charge in [-0.3, -0.25) is 4.90 Å². The fourth-order valence-corrected chi connectivity index (χ4v) is 4.87. The first kappa shape index (κ1) is 22.7. The number of hydrogen-bond acceptors (Lipinski definition) is 4. The summed E-state index contributed by atoms with van der Waals surface area (Å²) >= 11 is 0. The lowest BCUT2D eigenvalue weighted by Crippen LogP contribution is -2.51. The van der Waals surface area contributed by atoms with Crippen LogP contribution in [0.15, 0.2) is 48.7 Å². The van der Waals surface area contributed by atoms with Gasteiger partial charge < -0.3 is 14.9 Å². The summed E-state index contributed by atoms with van der Waals surface area (Å²) in [5.74, 6) is 2.00. The average molecular weight is 457 g/mol. The van der Waals surface area contributed by atoms with E-state index < -0.39 is 0 Å². The first-order chi connectivity index (χ1) is 16.3. The van der Waals surface area contributed by atoms with Crippen molar-refractivity contribution in [2.24, 2.45) is 0 Å². The number of rotatable bonds is 5. The second-order valence-electron chi connectivity index (χ2n) is 10.6. The lowest BCUT2D eigenvalue weighted by molar-refractivity contribution is 0.179. The molecule has 0 bridgehead atoms. The van der Waals surface area contributed by atoms with Gasteiger partial charge in [0.25, 0.3) is 0 Å². The van der Waals surface area contributed by atoms with Crippen LogP contribution in [0.1, 0.15) is 51.7 Å². The van der Waals surface area contributed by atoms with Crippen LogP contribution >= 0.6 is 0 Å². The Kier molecular flexibility index (Phi) is 5.94. The van der Waals surface area contributed by atoms with Gasteiger partial charge in [-0.1, -0.05) is 58.0 Å². The number of fused-ring (bicyclic) bond motifs is 1. The highest BCUT2D eigenvalue weighted by Crippen LogP contribution is 2.31. The Hall–Kier alpha value is -3.12. The Bertz CT molecular complexity index is 1260. The standard InChI is InChI=1S/C28H36N6/c1-6-25-29-16-22(30-25)18-33-14-15-34(17-19(33)2)24-9-7-8-23-26(24)32-27(31-23)20-10-12-21(13-11-20)28(3,4)5/h7-13,16,19H,6,14-15,17-18H2,1-5H3,(H,29,30)(H,31,32)/t19-/m0/s1. The quantitative estimate of drug-likeness (QED) is 0.415. The molecular weight excluding hydrogens is 420 g/mol. The van der Waals surface area contributed by atoms with Gasteiger partial charge in [0, 0.05) is 56.1 Å². The molecule has 178 valence electrons. The van der Waals surface area contributed by atoms with Crippen molar-refractivity contribution in [2.45, 2.75) is 59.0 Å². The summed E-state index contributed by atoms with van der Waals surface area (Å²) in [6, 6.07) is 15.7. The summed E-state index contributed by atoms with van der Waals surface area (Å²) in [4.78, 5) is 21.5. The predicted octanol–water partition coefficient (Wildman–Crippen LogP) is 5.52. The molecule has 6 heteroatoms. The SMILES string of the molecule is CCc1ncc(CN2CCN(c3cccc4[nH]c(-c5ccc(C(C)(C)C)cc5)nc34)C[C@@H]2C)[nH]1. The van der Waals surface area contributed by atoms with Crippen molar-refractivity contribution < 1.29 is 0 Å². The van der Waals surface area contributed by atoms with E-state index in [1.54, 1.807) is 0 Å². The number of piperazine rings is 1. The third-order valence-corrected chi connectivity index (χ3v) is 7.01. The number of aromatic amines is 2. The van der Waals surface area contributed by atoms with Gasteiger partial charge in [-0.05, 0) is 30.0 Å². The zero-order valence-corrected chi connectivity index (χ0v) is 21.0. The van der Waals surface area contributed by atoms with E-state index >= 15 is 0 Å². The van der Waals surface area contributed by atoms with Crippen molar-refractivity contribution in [3.63, 3.8) is 0 Å². The molecule has 0 amide bonds. The Morgan fingerprint density at radius 3 is 2.50 bits per heavy atom. The molecule has 5 rings (SSSR count). The van der Waals surface area contributed by atoms with E-state index in [1.807, 2.05) is 6.20 Å². The van der Waals surface area contributed by atoms with Crippen molar-refractivity contribution >= 4 is 16.7 Å². The summed E-state index contributed by atoms with van der Waals surface area (Å²) in [7, 11) is 0. The van der Waals surface area contributed by atoms with Crippen LogP contribution in [0.5, 0.6) is 0 Å². The summed E-state index contributed by atoms with van der Waals surface area (Å²) in [6.07, 6.45) is 2.93. The number of nitrogens with one attached hydrogen (secondary N) is 2. The van der Waals surface area contributed by atoms with Gasteiger partial charge in [-0.25, -0.2) is 9.97 Å². The minimum atomic E-state index is 0.147. The third-order valence-electron chi connectivity index (χ3n) is 7.01. The molecule has 4 aromatic rings. The number of hydrogen-bond donors (Lipinski definition) is 2. The van der Waals surface area contributed by atoms with Crippen molar-refractivity contribution in [1.82, 2.24) is 24.8 Å². The molecular formula is C28H36N6. The van der Waals surface area contributed by atoms with E-state index in [-0.39, 0.29) is 5.41 Å². The van der Waals surface area contributed by atoms with Crippen LogP contribution < -0.4 is 4.90 Å². The first-order valence-electron chi connectivity index (χ1n) is 12.4. The van der Waals surface area contributed by atoms with Gasteiger partial charge in [0.15, 0.2) is 0 Å². The number of aryl methyl sites for hydroxylation is 1. The van der Waals surface area contributed by atoms with Crippen LogP contribution in [0.3, 0.4) is 0 Å². The molecule has 1 aliphatic heterocycles. The molecule has 0 radical (unpaired) electrons. The molecule has 0 spiro atoms. The monoisotopic (exact) mass is 456 g/mol. The number of nitrogens with zero attached hydrogens (tertiary/aromatic N) is 4. The highest BCUT2D eigenvalue weighted by atomic mass is 15.3. The Labute approximate surface area is 202 Å². The molecule has 2 aromatic carbocycles. The zero-order valence-electron chi connectivity index (χ0n) is 21.0. The van der Waals surface area contributed by atoms with Crippen LogP contribution in [0.25, 0.3) is 22.4 Å². The summed E-state index contributed by atoms with van der Waals surface area (Å²) in [6.45, 7) is 15.1. The molecule has 2 N–H and O–H groups in total. The fourth-order valence-electron chi connectivity index (χ4n) is 4.87. The first-order valence-corrected chi connectivity index (χ1v) is 12.4. The van der Waals surface area contributed by atoms with E-state index in [0.29, 0.717) is 6.04 Å². The minimum Gasteiger partial charge on any atom is -0.367 e. The Morgan fingerprint density at radius 1 is 1.03 bits per heavy atom. The molecule has 6 nitrogen and oxygen atoms in total. The van der Waals surface area contributed by atoms with Crippen LogP contribution in [0.2, 0.25) is 0 Å². The fraction of sp³-hybridized carbons (Fsp3) is 0.429. The molecule has 2 aromatic heterocycles. The average Bonchev–Trinajstić information content (AvgIpc) is 3.46. The maximum Gasteiger partial charge on any atom is 0.138 e. The molecule has 1 atom stereocenters. The van der Waals surface area contributed by atoms with Gasteiger partial charge in [-0.2, -0.15) is 0 Å². The Morgan fingerprint density at radius 2 is 1.82 bits per heavy atom. The van der Waals surface area contributed by atoms with Crippen molar-refractivity contribution in [2.75, 3.05) is 24.5 Å². The molecule has 3 heterocycles. The smallest absolute Gasteiger partial charge is 0.138 e. The molecule has 1 saturated heterocycles. The molecule has 0 aliphatic carbocycles. The number of H-pyrrole nitrogens is 2. The molecule has 1 fully saturated rings. The number of imidazole rings is 2. The molecule has 1 aliphatic rings. The van der Waals surface area contributed by atoms with Gasteiger partial charge in [0.1, 0.15) is 17.2 Å². The maximum atomic E-state index is 5.05. The molecule has 34 heavy (non-hydrogen) atoms. The summed E-state index contributed by atoms with van der Waals surface area (Å²) < 4.78 is 0. The van der Waals surface area contributed by atoms with Gasteiger partial charge in [0.05, 0.1) is 11.2 Å². The number of anilines is 1. The summed E-state index contributed by atoms with van der Waals surface area (Å²) in [5.41, 5.74) is 7.17. The topological polar surface area (TPSA) is 63.8 Å². The number of aromatic nitrogens is 4. The van der Waals surface area contributed by atoms with Gasteiger partial charge in [-0.15, -0.1) is 0 Å². The van der Waals surface area contributed by atoms with Crippen LogP contribution in [0.4, 0.5) is 5.69 Å². The van der Waals surface area contributed by atoms with Crippen molar-refractivity contribution in [3.05, 3.63) is 65.7 Å². The normalized spacial score (nSPS) is 17.6. The lowest BCUT2D eigenvalue weighted by Gasteiger charge is -2.40. The van der Waals surface area contributed by atoms with Crippen molar-refractivity contribution in [1.29, 1.82) is 0 Å². The van der Waals surface area contributed by atoms with E-state index in [1.165, 1.54) is 16.9 Å². The molecule has 0 unspecified atom stereocenters. The van der Waals surface area contributed by atoms with Crippen LogP contribution in [-0.4, -0.2) is 50.5 Å². The second kappa shape index (κ2) is 8.91. The van der Waals surface area contributed by atoms with Gasteiger partial charge in [0.2, 0.25) is 0 Å². The van der Waals surface area contributed by atoms with Gasteiger partial charge >= 0.3 is 0 Å². The van der Waals surface area contributed by atoms with E-state index in [4.69, 9.17) is 4.98 Å². The van der Waals surface area contributed by atoms with E-state index in [0.717, 1.165) is 60.8 Å². The predicted molar refractivity (Wildman–Crippen MR) is 140 cm³/mol. The number of benzene rings is 2. The third kappa shape index (κ3) is 4.47. The highest BCUT2D eigenvalue weighted by Gasteiger charge is 2.26. The summed E-state index contributed by atoms with van der Waals surface area (Å²) in [5, 5.41) is 0. The lowest BCUT2D eigenvalue weighted by atomic mass is 9.87. The van der Waals surface area contributed by atoms with Crippen LogP contribution in [0, 0.1) is 0 Å². The van der Waals surface area contributed by atoms with E-state index in [9.17, 15) is 0 Å². The molecule has 0 saturated carbocycles. The Balaban J connectivity index is 1.35. The minimum absolute atomic E-state index is 0.147. The zero-order chi connectivity index (χ0) is 23.9. The largest absolute Gasteiger partial charge is 0.367 e. The van der Waals surface area contributed by atoms with Crippen molar-refractivity contribution in [3.8, 4) is 11.4 Å². The maximum absolute atomic E-state index is 5.05. The van der Waals surface area contributed by atoms with Crippen LogP contribution in [-0.2, 0) is 18.4 Å². The van der Waals surface area contributed by atoms with E-state index in [2.05, 4.69) is 102 Å². The number of para-hydroxylation sites is 1. The highest BCUT2D eigenvalue weighted by molar-refractivity contribution is 5.91.